The Morgan fingerprint density at radius 1 is 1.27 bits per heavy atom. The highest BCUT2D eigenvalue weighted by molar-refractivity contribution is 9.10. The fourth-order valence-corrected chi connectivity index (χ4v) is 2.45. The molecule has 15 heavy (non-hydrogen) atoms. The molecule has 0 spiro atoms. The fraction of sp³-hybridized carbons (Fsp3) is 0.167. The molecule has 0 bridgehead atoms. The minimum absolute atomic E-state index is 0.0111. The van der Waals surface area contributed by atoms with E-state index in [9.17, 15) is 0 Å². The van der Waals surface area contributed by atoms with Gasteiger partial charge in [-0.1, -0.05) is 28.1 Å². The molecular formula is C12H12BrNS. The predicted octanol–water partition coefficient (Wildman–Crippen LogP) is 3.87. The first-order valence-corrected chi connectivity index (χ1v) is 6.46. The summed E-state index contributed by atoms with van der Waals surface area (Å²) in [5.74, 6) is 0. The molecule has 0 radical (unpaired) electrons. The molecule has 0 aliphatic rings. The Balaban J connectivity index is 2.34. The van der Waals surface area contributed by atoms with E-state index in [-0.39, 0.29) is 6.04 Å². The summed E-state index contributed by atoms with van der Waals surface area (Å²) in [5.41, 5.74) is 9.73. The first-order valence-electron chi connectivity index (χ1n) is 4.72. The molecule has 1 nitrogen and oxygen atoms in total. The molecule has 1 aromatic carbocycles. The van der Waals surface area contributed by atoms with Crippen molar-refractivity contribution in [1.82, 2.24) is 0 Å². The standard InChI is InChI=1S/C12H12BrNS/c1-8-6-9(2-3-11(8)13)12(14)10-4-5-15-7-10/h2-7,12H,14H2,1H3. The van der Waals surface area contributed by atoms with Crippen molar-refractivity contribution in [3.63, 3.8) is 0 Å². The molecule has 1 unspecified atom stereocenters. The third kappa shape index (κ3) is 2.30. The number of rotatable bonds is 2. The summed E-state index contributed by atoms with van der Waals surface area (Å²) in [6.45, 7) is 2.08. The Bertz CT molecular complexity index is 451. The quantitative estimate of drug-likeness (QED) is 0.889. The van der Waals surface area contributed by atoms with E-state index in [1.165, 1.54) is 11.1 Å². The number of benzene rings is 1. The second-order valence-electron chi connectivity index (χ2n) is 3.54. The molecule has 1 atom stereocenters. The van der Waals surface area contributed by atoms with Crippen LogP contribution in [0.2, 0.25) is 0 Å². The van der Waals surface area contributed by atoms with Crippen LogP contribution in [0.4, 0.5) is 0 Å². The van der Waals surface area contributed by atoms with Gasteiger partial charge >= 0.3 is 0 Å². The van der Waals surface area contributed by atoms with Crippen LogP contribution in [0, 0.1) is 6.92 Å². The van der Waals surface area contributed by atoms with Crippen molar-refractivity contribution in [2.45, 2.75) is 13.0 Å². The van der Waals surface area contributed by atoms with Crippen molar-refractivity contribution >= 4 is 27.3 Å². The van der Waals surface area contributed by atoms with E-state index >= 15 is 0 Å². The van der Waals surface area contributed by atoms with Gasteiger partial charge in [0.05, 0.1) is 6.04 Å². The molecule has 1 heterocycles. The van der Waals surface area contributed by atoms with Gasteiger partial charge in [0, 0.05) is 4.47 Å². The lowest BCUT2D eigenvalue weighted by Gasteiger charge is -2.11. The highest BCUT2D eigenvalue weighted by Crippen LogP contribution is 2.25. The molecule has 0 amide bonds. The van der Waals surface area contributed by atoms with Crippen LogP contribution in [-0.2, 0) is 0 Å². The maximum absolute atomic E-state index is 6.17. The van der Waals surface area contributed by atoms with E-state index < -0.39 is 0 Å². The van der Waals surface area contributed by atoms with Gasteiger partial charge in [-0.3, -0.25) is 0 Å². The van der Waals surface area contributed by atoms with Gasteiger partial charge in [-0.15, -0.1) is 0 Å². The van der Waals surface area contributed by atoms with Gasteiger partial charge in [-0.05, 0) is 46.5 Å². The Morgan fingerprint density at radius 3 is 2.67 bits per heavy atom. The summed E-state index contributed by atoms with van der Waals surface area (Å²) in [4.78, 5) is 0. The van der Waals surface area contributed by atoms with E-state index in [2.05, 4.69) is 57.9 Å². The van der Waals surface area contributed by atoms with E-state index in [0.29, 0.717) is 0 Å². The van der Waals surface area contributed by atoms with Crippen LogP contribution in [-0.4, -0.2) is 0 Å². The third-order valence-corrected chi connectivity index (χ3v) is 4.03. The largest absolute Gasteiger partial charge is 0.320 e. The van der Waals surface area contributed by atoms with Crippen molar-refractivity contribution in [2.75, 3.05) is 0 Å². The smallest absolute Gasteiger partial charge is 0.0559 e. The molecule has 0 saturated carbocycles. The number of hydrogen-bond donors (Lipinski definition) is 1. The average Bonchev–Trinajstić information content (AvgIpc) is 2.74. The monoisotopic (exact) mass is 281 g/mol. The molecule has 0 fully saturated rings. The predicted molar refractivity (Wildman–Crippen MR) is 69.2 cm³/mol. The number of nitrogens with two attached hydrogens (primary N) is 1. The molecule has 2 N–H and O–H groups in total. The SMILES string of the molecule is Cc1cc(C(N)c2ccsc2)ccc1Br. The lowest BCUT2D eigenvalue weighted by Crippen LogP contribution is -2.10. The second kappa shape index (κ2) is 4.47. The highest BCUT2D eigenvalue weighted by atomic mass is 79.9. The third-order valence-electron chi connectivity index (χ3n) is 2.44. The zero-order valence-electron chi connectivity index (χ0n) is 8.41. The fourth-order valence-electron chi connectivity index (χ4n) is 1.51. The van der Waals surface area contributed by atoms with E-state index in [1.807, 2.05) is 0 Å². The maximum Gasteiger partial charge on any atom is 0.0559 e. The normalized spacial score (nSPS) is 12.7. The van der Waals surface area contributed by atoms with Crippen LogP contribution in [0.25, 0.3) is 0 Å². The lowest BCUT2D eigenvalue weighted by atomic mass is 10.0. The molecule has 0 saturated heterocycles. The first kappa shape index (κ1) is 10.9. The van der Waals surface area contributed by atoms with Crippen LogP contribution in [0.1, 0.15) is 22.7 Å². The maximum atomic E-state index is 6.17. The van der Waals surface area contributed by atoms with Gasteiger partial charge in [-0.2, -0.15) is 11.3 Å². The second-order valence-corrected chi connectivity index (χ2v) is 5.18. The van der Waals surface area contributed by atoms with E-state index in [4.69, 9.17) is 5.73 Å². The van der Waals surface area contributed by atoms with Crippen LogP contribution in [0.15, 0.2) is 39.5 Å². The molecule has 1 aromatic heterocycles. The van der Waals surface area contributed by atoms with Crippen LogP contribution in [0.3, 0.4) is 0 Å². The van der Waals surface area contributed by atoms with Crippen molar-refractivity contribution in [3.05, 3.63) is 56.2 Å². The zero-order chi connectivity index (χ0) is 10.8. The minimum atomic E-state index is -0.0111. The zero-order valence-corrected chi connectivity index (χ0v) is 10.8. The van der Waals surface area contributed by atoms with Gasteiger partial charge in [0.25, 0.3) is 0 Å². The van der Waals surface area contributed by atoms with Gasteiger partial charge in [0.1, 0.15) is 0 Å². The van der Waals surface area contributed by atoms with Gasteiger partial charge < -0.3 is 5.73 Å². The first-order chi connectivity index (χ1) is 7.18. The van der Waals surface area contributed by atoms with Crippen molar-refractivity contribution < 1.29 is 0 Å². The Kier molecular flexibility index (Phi) is 3.24. The van der Waals surface area contributed by atoms with Gasteiger partial charge in [0.15, 0.2) is 0 Å². The molecule has 0 aliphatic carbocycles. The summed E-state index contributed by atoms with van der Waals surface area (Å²) in [7, 11) is 0. The van der Waals surface area contributed by atoms with Crippen molar-refractivity contribution in [1.29, 1.82) is 0 Å². The molecular weight excluding hydrogens is 270 g/mol. The van der Waals surface area contributed by atoms with E-state index in [1.54, 1.807) is 11.3 Å². The molecule has 0 aliphatic heterocycles. The molecule has 2 rings (SSSR count). The number of hydrogen-bond acceptors (Lipinski definition) is 2. The van der Waals surface area contributed by atoms with Crippen LogP contribution >= 0.6 is 27.3 Å². The van der Waals surface area contributed by atoms with Gasteiger partial charge in [0.2, 0.25) is 0 Å². The van der Waals surface area contributed by atoms with Crippen molar-refractivity contribution in [2.24, 2.45) is 5.73 Å². The van der Waals surface area contributed by atoms with Crippen molar-refractivity contribution in [3.8, 4) is 0 Å². The van der Waals surface area contributed by atoms with Gasteiger partial charge in [-0.25, -0.2) is 0 Å². The lowest BCUT2D eigenvalue weighted by molar-refractivity contribution is 0.874. The molecule has 78 valence electrons. The molecule has 3 heteroatoms. The summed E-state index contributed by atoms with van der Waals surface area (Å²) in [5, 5.41) is 4.16. The molecule has 2 aromatic rings. The summed E-state index contributed by atoms with van der Waals surface area (Å²) in [6, 6.07) is 8.32. The summed E-state index contributed by atoms with van der Waals surface area (Å²) < 4.78 is 1.13. The highest BCUT2D eigenvalue weighted by Gasteiger charge is 2.09. The number of halogens is 1. The van der Waals surface area contributed by atoms with Crippen LogP contribution in [0.5, 0.6) is 0 Å². The minimum Gasteiger partial charge on any atom is -0.320 e. The number of thiophene rings is 1. The summed E-state index contributed by atoms with van der Waals surface area (Å²) >= 11 is 5.17. The summed E-state index contributed by atoms with van der Waals surface area (Å²) in [6.07, 6.45) is 0. The topological polar surface area (TPSA) is 26.0 Å². The number of aryl methyl sites for hydroxylation is 1. The average molecular weight is 282 g/mol. The Hall–Kier alpha value is -0.640. The Morgan fingerprint density at radius 2 is 2.07 bits per heavy atom. The Labute approximate surface area is 102 Å². The van der Waals surface area contributed by atoms with E-state index in [0.717, 1.165) is 10.0 Å². The van der Waals surface area contributed by atoms with Crippen LogP contribution < -0.4 is 5.73 Å².